The summed E-state index contributed by atoms with van der Waals surface area (Å²) in [6, 6.07) is 6.03. The Morgan fingerprint density at radius 1 is 1.35 bits per heavy atom. The lowest BCUT2D eigenvalue weighted by molar-refractivity contribution is -0.138. The standard InChI is InChI=1S/C20H28N4O2/c1-16-5-6-17(13-21)19(22-16)24-10-3-8-20(15-24)9-7-18(25)23(14-20)11-4-12-26-2/h5-6H,3-4,7-12,14-15H2,1-2H3/t20-/m0/s1. The first kappa shape index (κ1) is 18.7. The number of ether oxygens (including phenoxy) is 1. The van der Waals surface area contributed by atoms with Crippen LogP contribution in [0.2, 0.25) is 0 Å². The van der Waals surface area contributed by atoms with Crippen LogP contribution in [0.15, 0.2) is 12.1 Å². The Kier molecular flexibility index (Phi) is 5.77. The molecule has 6 heteroatoms. The zero-order chi connectivity index (χ0) is 18.6. The predicted octanol–water partition coefficient (Wildman–Crippen LogP) is 2.51. The number of likely N-dealkylation sites (tertiary alicyclic amines) is 1. The van der Waals surface area contributed by atoms with E-state index in [-0.39, 0.29) is 11.3 Å². The number of aromatic nitrogens is 1. The third-order valence-electron chi connectivity index (χ3n) is 5.62. The van der Waals surface area contributed by atoms with Gasteiger partial charge in [0.1, 0.15) is 11.9 Å². The molecule has 1 spiro atoms. The molecular weight excluding hydrogens is 328 g/mol. The van der Waals surface area contributed by atoms with Crippen LogP contribution in [0.25, 0.3) is 0 Å². The van der Waals surface area contributed by atoms with Crippen molar-refractivity contribution in [2.24, 2.45) is 5.41 Å². The van der Waals surface area contributed by atoms with Crippen LogP contribution in [-0.2, 0) is 9.53 Å². The number of pyridine rings is 1. The van der Waals surface area contributed by atoms with Crippen LogP contribution < -0.4 is 4.90 Å². The first-order valence-electron chi connectivity index (χ1n) is 9.46. The molecule has 1 aromatic rings. The van der Waals surface area contributed by atoms with Gasteiger partial charge in [0.05, 0.1) is 5.56 Å². The maximum Gasteiger partial charge on any atom is 0.222 e. The van der Waals surface area contributed by atoms with Crippen LogP contribution in [0, 0.1) is 23.7 Å². The van der Waals surface area contributed by atoms with E-state index < -0.39 is 0 Å². The van der Waals surface area contributed by atoms with E-state index in [0.717, 1.165) is 63.4 Å². The zero-order valence-corrected chi connectivity index (χ0v) is 15.8. The second-order valence-electron chi connectivity index (χ2n) is 7.62. The Morgan fingerprint density at radius 2 is 2.19 bits per heavy atom. The topological polar surface area (TPSA) is 69.5 Å². The lowest BCUT2D eigenvalue weighted by atomic mass is 9.73. The smallest absolute Gasteiger partial charge is 0.222 e. The van der Waals surface area contributed by atoms with Crippen LogP contribution in [-0.4, -0.2) is 55.7 Å². The first-order chi connectivity index (χ1) is 12.6. The number of aryl methyl sites for hydroxylation is 1. The number of hydrogen-bond donors (Lipinski definition) is 0. The summed E-state index contributed by atoms with van der Waals surface area (Å²) in [6.07, 6.45) is 4.62. The van der Waals surface area contributed by atoms with Gasteiger partial charge >= 0.3 is 0 Å². The molecule has 0 bridgehead atoms. The van der Waals surface area contributed by atoms with Crippen molar-refractivity contribution in [1.82, 2.24) is 9.88 Å². The molecule has 2 saturated heterocycles. The quantitative estimate of drug-likeness (QED) is 0.758. The van der Waals surface area contributed by atoms with Crippen molar-refractivity contribution in [3.63, 3.8) is 0 Å². The number of anilines is 1. The largest absolute Gasteiger partial charge is 0.385 e. The summed E-state index contributed by atoms with van der Waals surface area (Å²) >= 11 is 0. The van der Waals surface area contributed by atoms with Gasteiger partial charge in [-0.05, 0) is 44.7 Å². The zero-order valence-electron chi connectivity index (χ0n) is 15.8. The van der Waals surface area contributed by atoms with E-state index in [1.165, 1.54) is 0 Å². The molecule has 2 aliphatic rings. The number of amides is 1. The Hall–Kier alpha value is -2.13. The van der Waals surface area contributed by atoms with Crippen molar-refractivity contribution in [1.29, 1.82) is 5.26 Å². The number of nitriles is 1. The molecule has 140 valence electrons. The molecule has 0 N–H and O–H groups in total. The number of rotatable bonds is 5. The normalized spacial score (nSPS) is 23.3. The van der Waals surface area contributed by atoms with Crippen LogP contribution in [0.3, 0.4) is 0 Å². The lowest BCUT2D eigenvalue weighted by Crippen LogP contribution is -2.54. The molecule has 0 aromatic carbocycles. The van der Waals surface area contributed by atoms with Crippen molar-refractivity contribution in [3.8, 4) is 6.07 Å². The summed E-state index contributed by atoms with van der Waals surface area (Å²) in [5.74, 6) is 1.06. The van der Waals surface area contributed by atoms with Gasteiger partial charge in [-0.15, -0.1) is 0 Å². The molecule has 1 aromatic heterocycles. The van der Waals surface area contributed by atoms with E-state index in [9.17, 15) is 10.1 Å². The SMILES string of the molecule is COCCCN1C[C@]2(CCCN(c3nc(C)ccc3C#N)C2)CCC1=O. The molecule has 2 aliphatic heterocycles. The Bertz CT molecular complexity index is 700. The fraction of sp³-hybridized carbons (Fsp3) is 0.650. The molecule has 1 amide bonds. The van der Waals surface area contributed by atoms with Crippen molar-refractivity contribution in [3.05, 3.63) is 23.4 Å². The summed E-state index contributed by atoms with van der Waals surface area (Å²) < 4.78 is 5.13. The molecule has 3 rings (SSSR count). The van der Waals surface area contributed by atoms with E-state index in [2.05, 4.69) is 16.0 Å². The fourth-order valence-electron chi connectivity index (χ4n) is 4.30. The minimum absolute atomic E-state index is 0.109. The van der Waals surface area contributed by atoms with Crippen molar-refractivity contribution in [2.75, 3.05) is 44.8 Å². The third kappa shape index (κ3) is 3.99. The number of piperidine rings is 2. The molecule has 0 aliphatic carbocycles. The molecule has 6 nitrogen and oxygen atoms in total. The van der Waals surface area contributed by atoms with Gasteiger partial charge in [0.25, 0.3) is 0 Å². The summed E-state index contributed by atoms with van der Waals surface area (Å²) in [4.78, 5) is 21.3. The molecule has 2 fully saturated rings. The van der Waals surface area contributed by atoms with Crippen LogP contribution in [0.1, 0.15) is 43.4 Å². The van der Waals surface area contributed by atoms with Gasteiger partial charge in [0, 0.05) is 57.4 Å². The number of carbonyl (C=O) groups is 1. The Labute approximate surface area is 155 Å². The number of methoxy groups -OCH3 is 1. The summed E-state index contributed by atoms with van der Waals surface area (Å²) in [6.45, 7) is 6.00. The van der Waals surface area contributed by atoms with Gasteiger partial charge < -0.3 is 14.5 Å². The molecule has 0 radical (unpaired) electrons. The van der Waals surface area contributed by atoms with Crippen LogP contribution >= 0.6 is 0 Å². The van der Waals surface area contributed by atoms with E-state index in [1.54, 1.807) is 7.11 Å². The average molecular weight is 356 g/mol. The maximum atomic E-state index is 12.3. The lowest BCUT2D eigenvalue weighted by Gasteiger charge is -2.48. The molecule has 0 unspecified atom stereocenters. The fourth-order valence-corrected chi connectivity index (χ4v) is 4.30. The van der Waals surface area contributed by atoms with Gasteiger partial charge in [-0.3, -0.25) is 4.79 Å². The molecular formula is C20H28N4O2. The second-order valence-corrected chi connectivity index (χ2v) is 7.62. The molecule has 3 heterocycles. The summed E-state index contributed by atoms with van der Waals surface area (Å²) in [7, 11) is 1.69. The molecule has 0 saturated carbocycles. The highest BCUT2D eigenvalue weighted by atomic mass is 16.5. The van der Waals surface area contributed by atoms with Crippen molar-refractivity contribution >= 4 is 11.7 Å². The van der Waals surface area contributed by atoms with Gasteiger partial charge in [-0.25, -0.2) is 4.98 Å². The first-order valence-corrected chi connectivity index (χ1v) is 9.46. The van der Waals surface area contributed by atoms with E-state index in [1.807, 2.05) is 24.0 Å². The Balaban J connectivity index is 1.76. The van der Waals surface area contributed by atoms with E-state index in [0.29, 0.717) is 18.6 Å². The number of hydrogen-bond acceptors (Lipinski definition) is 5. The highest BCUT2D eigenvalue weighted by Gasteiger charge is 2.42. The Morgan fingerprint density at radius 3 is 2.96 bits per heavy atom. The summed E-state index contributed by atoms with van der Waals surface area (Å²) in [5.41, 5.74) is 1.67. The highest BCUT2D eigenvalue weighted by Crippen LogP contribution is 2.40. The minimum atomic E-state index is 0.109. The van der Waals surface area contributed by atoms with Crippen molar-refractivity contribution in [2.45, 2.75) is 39.0 Å². The predicted molar refractivity (Wildman–Crippen MR) is 99.9 cm³/mol. The van der Waals surface area contributed by atoms with Gasteiger partial charge in [0.2, 0.25) is 5.91 Å². The number of nitrogens with zero attached hydrogens (tertiary/aromatic N) is 4. The monoisotopic (exact) mass is 356 g/mol. The number of carbonyl (C=O) groups excluding carboxylic acids is 1. The van der Waals surface area contributed by atoms with Gasteiger partial charge in [-0.1, -0.05) is 0 Å². The second kappa shape index (κ2) is 8.05. The maximum absolute atomic E-state index is 12.3. The van der Waals surface area contributed by atoms with Crippen LogP contribution in [0.4, 0.5) is 5.82 Å². The summed E-state index contributed by atoms with van der Waals surface area (Å²) in [5, 5.41) is 9.46. The molecule has 1 atom stereocenters. The molecule has 26 heavy (non-hydrogen) atoms. The van der Waals surface area contributed by atoms with E-state index in [4.69, 9.17) is 4.74 Å². The minimum Gasteiger partial charge on any atom is -0.385 e. The average Bonchev–Trinajstić information content (AvgIpc) is 2.65. The highest BCUT2D eigenvalue weighted by molar-refractivity contribution is 5.77. The third-order valence-corrected chi connectivity index (χ3v) is 5.62. The van der Waals surface area contributed by atoms with Gasteiger partial charge in [-0.2, -0.15) is 5.26 Å². The van der Waals surface area contributed by atoms with E-state index >= 15 is 0 Å². The van der Waals surface area contributed by atoms with Crippen LogP contribution in [0.5, 0.6) is 0 Å². The van der Waals surface area contributed by atoms with Gasteiger partial charge in [0.15, 0.2) is 0 Å². The van der Waals surface area contributed by atoms with Crippen molar-refractivity contribution < 1.29 is 9.53 Å².